The minimum absolute atomic E-state index is 0.0354. The Balaban J connectivity index is 2.66. The molecule has 0 unspecified atom stereocenters. The number of carbonyl (C=O) groups excluding carboxylic acids is 1. The molecule has 0 saturated heterocycles. The van der Waals surface area contributed by atoms with E-state index >= 15 is 0 Å². The molecular formula is C11H14F2N2O2. The Kier molecular flexibility index (Phi) is 4.84. The largest absolute Gasteiger partial charge is 0.396 e. The SMILES string of the molecule is Nc1cc(C(=O)NCCCCO)c(F)cc1F. The molecule has 17 heavy (non-hydrogen) atoms. The molecule has 4 nitrogen and oxygen atoms in total. The highest BCUT2D eigenvalue weighted by Gasteiger charge is 2.14. The monoisotopic (exact) mass is 244 g/mol. The van der Waals surface area contributed by atoms with Crippen molar-refractivity contribution in [2.45, 2.75) is 12.8 Å². The number of amides is 1. The summed E-state index contributed by atoms with van der Waals surface area (Å²) < 4.78 is 26.1. The van der Waals surface area contributed by atoms with Crippen LogP contribution in [0.2, 0.25) is 0 Å². The molecule has 0 aromatic heterocycles. The molecule has 4 N–H and O–H groups in total. The smallest absolute Gasteiger partial charge is 0.254 e. The van der Waals surface area contributed by atoms with E-state index in [1.165, 1.54) is 0 Å². The lowest BCUT2D eigenvalue weighted by molar-refractivity contribution is 0.0948. The van der Waals surface area contributed by atoms with Crippen molar-refractivity contribution in [3.05, 3.63) is 29.3 Å². The fourth-order valence-corrected chi connectivity index (χ4v) is 1.27. The number of carbonyl (C=O) groups is 1. The summed E-state index contributed by atoms with van der Waals surface area (Å²) in [4.78, 5) is 11.5. The topological polar surface area (TPSA) is 75.4 Å². The molecule has 0 radical (unpaired) electrons. The van der Waals surface area contributed by atoms with Crippen molar-refractivity contribution in [2.24, 2.45) is 0 Å². The highest BCUT2D eigenvalue weighted by Crippen LogP contribution is 2.16. The number of rotatable bonds is 5. The van der Waals surface area contributed by atoms with E-state index < -0.39 is 17.5 Å². The van der Waals surface area contributed by atoms with Crippen molar-refractivity contribution in [3.8, 4) is 0 Å². The quantitative estimate of drug-likeness (QED) is 0.535. The number of unbranched alkanes of at least 4 members (excludes halogenated alkanes) is 1. The molecule has 0 atom stereocenters. The van der Waals surface area contributed by atoms with E-state index in [0.717, 1.165) is 6.07 Å². The summed E-state index contributed by atoms with van der Waals surface area (Å²) in [5.41, 5.74) is 4.69. The van der Waals surface area contributed by atoms with Gasteiger partial charge < -0.3 is 16.2 Å². The van der Waals surface area contributed by atoms with Gasteiger partial charge in [0.1, 0.15) is 11.6 Å². The number of nitrogens with one attached hydrogen (secondary N) is 1. The van der Waals surface area contributed by atoms with Gasteiger partial charge in [0, 0.05) is 19.2 Å². The van der Waals surface area contributed by atoms with Crippen LogP contribution in [-0.2, 0) is 0 Å². The van der Waals surface area contributed by atoms with E-state index in [1.54, 1.807) is 0 Å². The first-order valence-electron chi connectivity index (χ1n) is 5.20. The molecule has 0 saturated carbocycles. The molecule has 94 valence electrons. The Morgan fingerprint density at radius 1 is 1.29 bits per heavy atom. The second-order valence-electron chi connectivity index (χ2n) is 3.54. The summed E-state index contributed by atoms with van der Waals surface area (Å²) in [6.45, 7) is 0.351. The van der Waals surface area contributed by atoms with Gasteiger partial charge in [0.05, 0.1) is 11.3 Å². The Labute approximate surface area is 97.4 Å². The molecule has 0 spiro atoms. The van der Waals surface area contributed by atoms with Crippen molar-refractivity contribution in [3.63, 3.8) is 0 Å². The maximum atomic E-state index is 13.3. The third-order valence-electron chi connectivity index (χ3n) is 2.20. The molecule has 0 heterocycles. The lowest BCUT2D eigenvalue weighted by Crippen LogP contribution is -2.25. The molecule has 1 rings (SSSR count). The van der Waals surface area contributed by atoms with Crippen LogP contribution in [0.15, 0.2) is 12.1 Å². The number of anilines is 1. The average molecular weight is 244 g/mol. The number of aliphatic hydroxyl groups excluding tert-OH is 1. The molecule has 1 amide bonds. The minimum Gasteiger partial charge on any atom is -0.396 e. The number of benzene rings is 1. The molecule has 1 aromatic carbocycles. The van der Waals surface area contributed by atoms with Crippen LogP contribution >= 0.6 is 0 Å². The minimum atomic E-state index is -0.948. The van der Waals surface area contributed by atoms with Crippen LogP contribution in [0.3, 0.4) is 0 Å². The summed E-state index contributed by atoms with van der Waals surface area (Å²) in [5, 5.41) is 11.0. The summed E-state index contributed by atoms with van der Waals surface area (Å²) in [6, 6.07) is 1.55. The number of hydrogen-bond acceptors (Lipinski definition) is 3. The van der Waals surface area contributed by atoms with Crippen molar-refractivity contribution in [2.75, 3.05) is 18.9 Å². The van der Waals surface area contributed by atoms with Gasteiger partial charge in [0.2, 0.25) is 0 Å². The summed E-state index contributed by atoms with van der Waals surface area (Å²) >= 11 is 0. The third-order valence-corrected chi connectivity index (χ3v) is 2.20. The summed E-state index contributed by atoms with van der Waals surface area (Å²) in [7, 11) is 0. The molecule has 0 aliphatic carbocycles. The second-order valence-corrected chi connectivity index (χ2v) is 3.54. The van der Waals surface area contributed by atoms with E-state index in [2.05, 4.69) is 5.32 Å². The predicted octanol–water partition coefficient (Wildman–Crippen LogP) is 1.05. The van der Waals surface area contributed by atoms with Crippen molar-refractivity contribution in [1.29, 1.82) is 0 Å². The lowest BCUT2D eigenvalue weighted by atomic mass is 10.1. The van der Waals surface area contributed by atoms with Crippen LogP contribution in [0.4, 0.5) is 14.5 Å². The number of halogens is 2. The molecule has 0 fully saturated rings. The highest BCUT2D eigenvalue weighted by atomic mass is 19.1. The third kappa shape index (κ3) is 3.67. The van der Waals surface area contributed by atoms with Crippen molar-refractivity contribution < 1.29 is 18.7 Å². The Hall–Kier alpha value is -1.69. The van der Waals surface area contributed by atoms with E-state index in [-0.39, 0.29) is 17.9 Å². The predicted molar refractivity (Wildman–Crippen MR) is 59.4 cm³/mol. The van der Waals surface area contributed by atoms with E-state index in [9.17, 15) is 13.6 Å². The van der Waals surface area contributed by atoms with Gasteiger partial charge in [-0.05, 0) is 18.9 Å². The van der Waals surface area contributed by atoms with Gasteiger partial charge >= 0.3 is 0 Å². The number of nitrogens with two attached hydrogens (primary N) is 1. The lowest BCUT2D eigenvalue weighted by Gasteiger charge is -2.07. The van der Waals surface area contributed by atoms with Gasteiger partial charge in [-0.2, -0.15) is 0 Å². The first kappa shape index (κ1) is 13.4. The Morgan fingerprint density at radius 2 is 2.00 bits per heavy atom. The van der Waals surface area contributed by atoms with E-state index in [0.29, 0.717) is 25.5 Å². The molecule has 6 heteroatoms. The molecule has 0 aliphatic rings. The van der Waals surface area contributed by atoms with E-state index in [4.69, 9.17) is 10.8 Å². The fraction of sp³-hybridized carbons (Fsp3) is 0.364. The van der Waals surface area contributed by atoms with Gasteiger partial charge in [-0.25, -0.2) is 8.78 Å². The van der Waals surface area contributed by atoms with Gasteiger partial charge in [0.25, 0.3) is 5.91 Å². The summed E-state index contributed by atoms with van der Waals surface area (Å²) in [6.07, 6.45) is 1.13. The van der Waals surface area contributed by atoms with Crippen LogP contribution in [0.25, 0.3) is 0 Å². The van der Waals surface area contributed by atoms with Crippen LogP contribution < -0.4 is 11.1 Å². The van der Waals surface area contributed by atoms with Crippen LogP contribution in [0, 0.1) is 11.6 Å². The zero-order valence-electron chi connectivity index (χ0n) is 9.17. The van der Waals surface area contributed by atoms with Crippen molar-refractivity contribution >= 4 is 11.6 Å². The normalized spacial score (nSPS) is 10.3. The fourth-order valence-electron chi connectivity index (χ4n) is 1.27. The highest BCUT2D eigenvalue weighted by molar-refractivity contribution is 5.95. The molecule has 1 aromatic rings. The average Bonchev–Trinajstić information content (AvgIpc) is 2.29. The van der Waals surface area contributed by atoms with Gasteiger partial charge in [-0.1, -0.05) is 0 Å². The van der Waals surface area contributed by atoms with Crippen LogP contribution in [0.1, 0.15) is 23.2 Å². The second kappa shape index (κ2) is 6.15. The first-order valence-corrected chi connectivity index (χ1v) is 5.20. The van der Waals surface area contributed by atoms with Gasteiger partial charge in [-0.3, -0.25) is 4.79 Å². The van der Waals surface area contributed by atoms with Crippen molar-refractivity contribution in [1.82, 2.24) is 5.32 Å². The number of aliphatic hydroxyl groups is 1. The zero-order chi connectivity index (χ0) is 12.8. The molecular weight excluding hydrogens is 230 g/mol. The molecule has 0 aliphatic heterocycles. The maximum Gasteiger partial charge on any atom is 0.254 e. The van der Waals surface area contributed by atoms with Crippen LogP contribution in [0.5, 0.6) is 0 Å². The summed E-state index contributed by atoms with van der Waals surface area (Å²) in [5.74, 6) is -2.48. The number of nitrogen functional groups attached to an aromatic ring is 1. The molecule has 0 bridgehead atoms. The maximum absolute atomic E-state index is 13.3. The first-order chi connectivity index (χ1) is 8.06. The van der Waals surface area contributed by atoms with Gasteiger partial charge in [0.15, 0.2) is 0 Å². The van der Waals surface area contributed by atoms with Crippen LogP contribution in [-0.4, -0.2) is 24.2 Å². The Bertz CT molecular complexity index is 411. The standard InChI is InChI=1S/C11H14F2N2O2/c12-8-6-9(13)10(14)5-7(8)11(17)15-3-1-2-4-16/h5-6,16H,1-4,14H2,(H,15,17). The zero-order valence-corrected chi connectivity index (χ0v) is 9.17. The number of hydrogen-bond donors (Lipinski definition) is 3. The van der Waals surface area contributed by atoms with Gasteiger partial charge in [-0.15, -0.1) is 0 Å². The Morgan fingerprint density at radius 3 is 2.65 bits per heavy atom. The van der Waals surface area contributed by atoms with E-state index in [1.807, 2.05) is 0 Å².